The highest BCUT2D eigenvalue weighted by Crippen LogP contribution is 2.24. The van der Waals surface area contributed by atoms with Gasteiger partial charge in [-0.1, -0.05) is 30.0 Å². The van der Waals surface area contributed by atoms with Gasteiger partial charge >= 0.3 is 5.97 Å². The van der Waals surface area contributed by atoms with Crippen LogP contribution in [-0.4, -0.2) is 30.9 Å². The van der Waals surface area contributed by atoms with Crippen LogP contribution in [-0.2, 0) is 19.1 Å². The largest absolute Gasteiger partial charge is 0.460 e. The van der Waals surface area contributed by atoms with Crippen LogP contribution in [0.3, 0.4) is 0 Å². The van der Waals surface area contributed by atoms with Crippen LogP contribution in [0.15, 0.2) is 35.2 Å². The molecule has 4 nitrogen and oxygen atoms in total. The third-order valence-electron chi connectivity index (χ3n) is 1.89. The Hall–Kier alpha value is -1.33. The van der Waals surface area contributed by atoms with Crippen LogP contribution >= 0.6 is 11.8 Å². The van der Waals surface area contributed by atoms with Gasteiger partial charge in [0.2, 0.25) is 0 Å². The minimum Gasteiger partial charge on any atom is -0.460 e. The van der Waals surface area contributed by atoms with Gasteiger partial charge in [-0.3, -0.25) is 4.79 Å². The summed E-state index contributed by atoms with van der Waals surface area (Å²) in [6.45, 7) is 1.83. The highest BCUT2D eigenvalue weighted by molar-refractivity contribution is 8.00. The van der Waals surface area contributed by atoms with E-state index in [0.29, 0.717) is 0 Å². The lowest BCUT2D eigenvalue weighted by atomic mass is 10.4. The number of hydrogen-bond acceptors (Lipinski definition) is 5. The third-order valence-corrected chi connectivity index (χ3v) is 3.06. The summed E-state index contributed by atoms with van der Waals surface area (Å²) in [5.74, 6) is -1.54. The predicted octanol–water partition coefficient (Wildman–Crippen LogP) is 1.88. The van der Waals surface area contributed by atoms with Gasteiger partial charge < -0.3 is 9.47 Å². The van der Waals surface area contributed by atoms with Crippen molar-refractivity contribution in [3.05, 3.63) is 30.3 Å². The number of thioether (sulfide) groups is 1. The van der Waals surface area contributed by atoms with Gasteiger partial charge in [0.1, 0.15) is 0 Å². The van der Waals surface area contributed by atoms with Crippen molar-refractivity contribution in [1.82, 2.24) is 0 Å². The maximum atomic E-state index is 11.6. The van der Waals surface area contributed by atoms with E-state index in [4.69, 9.17) is 4.74 Å². The Bertz CT molecular complexity index is 377. The molecular weight excluding hydrogens is 240 g/mol. The third kappa shape index (κ3) is 4.20. The second-order valence-electron chi connectivity index (χ2n) is 3.08. The van der Waals surface area contributed by atoms with Crippen molar-refractivity contribution in [2.75, 3.05) is 13.7 Å². The Kier molecular flexibility index (Phi) is 5.72. The molecule has 17 heavy (non-hydrogen) atoms. The number of ketones is 1. The molecule has 0 spiro atoms. The first-order valence-corrected chi connectivity index (χ1v) is 6.02. The van der Waals surface area contributed by atoms with Gasteiger partial charge in [-0.05, 0) is 19.1 Å². The summed E-state index contributed by atoms with van der Waals surface area (Å²) in [6.07, 6.45) is 0. The first-order valence-electron chi connectivity index (χ1n) is 5.14. The molecule has 0 aliphatic carbocycles. The lowest BCUT2D eigenvalue weighted by Crippen LogP contribution is -2.29. The Balaban J connectivity index is 2.66. The van der Waals surface area contributed by atoms with E-state index < -0.39 is 17.2 Å². The lowest BCUT2D eigenvalue weighted by molar-refractivity contribution is -0.155. The molecule has 0 bridgehead atoms. The number of carbonyl (C=O) groups excluding carboxylic acids is 2. The summed E-state index contributed by atoms with van der Waals surface area (Å²) in [5.41, 5.74) is -0.864. The number of methoxy groups -OCH3 is 1. The van der Waals surface area contributed by atoms with E-state index >= 15 is 0 Å². The molecule has 92 valence electrons. The van der Waals surface area contributed by atoms with Gasteiger partial charge in [0, 0.05) is 12.0 Å². The molecule has 1 rings (SSSR count). The van der Waals surface area contributed by atoms with Crippen molar-refractivity contribution in [1.29, 1.82) is 0 Å². The molecule has 5 heteroatoms. The summed E-state index contributed by atoms with van der Waals surface area (Å²) in [4.78, 5) is 23.8. The molecule has 1 unspecified atom stereocenters. The molecule has 0 N–H and O–H groups in total. The van der Waals surface area contributed by atoms with E-state index in [1.165, 1.54) is 18.9 Å². The minimum absolute atomic E-state index is 0.178. The summed E-state index contributed by atoms with van der Waals surface area (Å²) in [7, 11) is 1.39. The SMILES string of the molecule is CCOC(=O)C(=O)C(OC)Sc1ccccc1. The van der Waals surface area contributed by atoms with Crippen LogP contribution in [0, 0.1) is 0 Å². The Morgan fingerprint density at radius 3 is 2.47 bits per heavy atom. The van der Waals surface area contributed by atoms with Crippen molar-refractivity contribution in [2.45, 2.75) is 17.3 Å². The predicted molar refractivity (Wildman–Crippen MR) is 64.7 cm³/mol. The summed E-state index contributed by atoms with van der Waals surface area (Å²) in [6, 6.07) is 9.26. The van der Waals surface area contributed by atoms with Crippen LogP contribution in [0.4, 0.5) is 0 Å². The average Bonchev–Trinajstić information content (AvgIpc) is 2.36. The van der Waals surface area contributed by atoms with Gasteiger partial charge in [0.05, 0.1) is 6.61 Å². The first kappa shape index (κ1) is 13.7. The maximum absolute atomic E-state index is 11.6. The fourth-order valence-corrected chi connectivity index (χ4v) is 1.99. The Labute approximate surface area is 104 Å². The Morgan fingerprint density at radius 2 is 1.94 bits per heavy atom. The zero-order chi connectivity index (χ0) is 12.7. The molecule has 0 saturated heterocycles. The lowest BCUT2D eigenvalue weighted by Gasteiger charge is -2.12. The van der Waals surface area contributed by atoms with Crippen molar-refractivity contribution in [3.63, 3.8) is 0 Å². The number of ether oxygens (including phenoxy) is 2. The van der Waals surface area contributed by atoms with Crippen molar-refractivity contribution >= 4 is 23.5 Å². The molecule has 0 amide bonds. The molecule has 0 fully saturated rings. The summed E-state index contributed by atoms with van der Waals surface area (Å²) < 4.78 is 9.64. The van der Waals surface area contributed by atoms with Crippen LogP contribution < -0.4 is 0 Å². The molecule has 1 atom stereocenters. The van der Waals surface area contributed by atoms with Crippen LogP contribution in [0.2, 0.25) is 0 Å². The van der Waals surface area contributed by atoms with Crippen molar-refractivity contribution in [2.24, 2.45) is 0 Å². The van der Waals surface area contributed by atoms with Gasteiger partial charge in [0.25, 0.3) is 5.78 Å². The molecular formula is C12H14O4S. The van der Waals surface area contributed by atoms with Gasteiger partial charge in [0.15, 0.2) is 5.44 Å². The molecule has 1 aromatic rings. The quantitative estimate of drug-likeness (QED) is 0.336. The number of rotatable bonds is 6. The van der Waals surface area contributed by atoms with E-state index in [-0.39, 0.29) is 6.61 Å². The van der Waals surface area contributed by atoms with E-state index in [0.717, 1.165) is 4.90 Å². The molecule has 0 heterocycles. The van der Waals surface area contributed by atoms with E-state index in [1.807, 2.05) is 30.3 Å². The first-order chi connectivity index (χ1) is 8.19. The number of benzene rings is 1. The minimum atomic E-state index is -0.864. The van der Waals surface area contributed by atoms with Crippen LogP contribution in [0.1, 0.15) is 6.92 Å². The molecule has 0 aromatic heterocycles. The van der Waals surface area contributed by atoms with Gasteiger partial charge in [-0.25, -0.2) is 4.79 Å². The summed E-state index contributed by atoms with van der Waals surface area (Å²) in [5, 5.41) is 0. The standard InChI is InChI=1S/C12H14O4S/c1-3-16-11(14)10(13)12(15-2)17-9-7-5-4-6-8-9/h4-8,12H,3H2,1-2H3. The summed E-state index contributed by atoms with van der Waals surface area (Å²) >= 11 is 1.18. The topological polar surface area (TPSA) is 52.6 Å². The second-order valence-corrected chi connectivity index (χ2v) is 4.22. The normalized spacial score (nSPS) is 11.9. The van der Waals surface area contributed by atoms with E-state index in [1.54, 1.807) is 6.92 Å². The van der Waals surface area contributed by atoms with Crippen LogP contribution in [0.25, 0.3) is 0 Å². The molecule has 0 radical (unpaired) electrons. The van der Waals surface area contributed by atoms with Gasteiger partial charge in [-0.2, -0.15) is 0 Å². The smallest absolute Gasteiger partial charge is 0.378 e. The highest BCUT2D eigenvalue weighted by Gasteiger charge is 2.27. The monoisotopic (exact) mass is 254 g/mol. The fourth-order valence-electron chi connectivity index (χ4n) is 1.13. The number of carbonyl (C=O) groups is 2. The molecule has 0 aliphatic heterocycles. The highest BCUT2D eigenvalue weighted by atomic mass is 32.2. The average molecular weight is 254 g/mol. The van der Waals surface area contributed by atoms with Crippen molar-refractivity contribution < 1.29 is 19.1 Å². The second kappa shape index (κ2) is 7.09. The zero-order valence-electron chi connectivity index (χ0n) is 9.71. The van der Waals surface area contributed by atoms with Crippen LogP contribution in [0.5, 0.6) is 0 Å². The fraction of sp³-hybridized carbons (Fsp3) is 0.333. The Morgan fingerprint density at radius 1 is 1.29 bits per heavy atom. The zero-order valence-corrected chi connectivity index (χ0v) is 10.5. The van der Waals surface area contributed by atoms with E-state index in [2.05, 4.69) is 4.74 Å². The van der Waals surface area contributed by atoms with Crippen molar-refractivity contribution in [3.8, 4) is 0 Å². The molecule has 1 aromatic carbocycles. The van der Waals surface area contributed by atoms with Gasteiger partial charge in [-0.15, -0.1) is 0 Å². The van der Waals surface area contributed by atoms with E-state index in [9.17, 15) is 9.59 Å². The molecule has 0 saturated carbocycles. The number of esters is 1. The number of Topliss-reactive ketones (excluding diaryl/α,β-unsaturated/α-hetero) is 1. The number of hydrogen-bond donors (Lipinski definition) is 0. The maximum Gasteiger partial charge on any atom is 0.378 e. The molecule has 0 aliphatic rings.